The molecule has 0 heterocycles. The first kappa shape index (κ1) is 5.39. The minimum absolute atomic E-state index is 0.456. The molecule has 1 rings (SSSR count). The van der Waals surface area contributed by atoms with Crippen LogP contribution in [0.2, 0.25) is 0 Å². The second kappa shape index (κ2) is 2.01. The maximum Gasteiger partial charge on any atom is 0.0365 e. The zero-order valence-corrected chi connectivity index (χ0v) is 5.20. The second-order valence-electron chi connectivity index (χ2n) is 2.05. The van der Waals surface area contributed by atoms with Gasteiger partial charge in [-0.15, -0.1) is 11.6 Å². The maximum atomic E-state index is 5.68. The molecular formula is C5H10ClN. The lowest BCUT2D eigenvalue weighted by atomic mass is 9.93. The molecule has 0 saturated heterocycles. The first-order valence-corrected chi connectivity index (χ1v) is 3.08. The Balaban J connectivity index is 2.06. The van der Waals surface area contributed by atoms with E-state index in [-0.39, 0.29) is 0 Å². The third kappa shape index (κ3) is 1.07. The van der Waals surface area contributed by atoms with Crippen molar-refractivity contribution < 1.29 is 0 Å². The molecule has 2 heteroatoms. The Kier molecular flexibility index (Phi) is 1.55. The van der Waals surface area contributed by atoms with Crippen molar-refractivity contribution in [3.63, 3.8) is 0 Å². The van der Waals surface area contributed by atoms with E-state index >= 15 is 0 Å². The highest BCUT2D eigenvalue weighted by Gasteiger charge is 2.24. The monoisotopic (exact) mass is 119 g/mol. The minimum Gasteiger partial charge on any atom is -0.317 e. The summed E-state index contributed by atoms with van der Waals surface area (Å²) in [6.07, 6.45) is 2.30. The summed E-state index contributed by atoms with van der Waals surface area (Å²) in [7, 11) is 1.98. The predicted octanol–water partition coefficient (Wildman–Crippen LogP) is 0.976. The number of nitrogens with one attached hydrogen (secondary N) is 1. The second-order valence-corrected chi connectivity index (χ2v) is 2.67. The average Bonchev–Trinajstić information content (AvgIpc) is 1.58. The van der Waals surface area contributed by atoms with E-state index in [4.69, 9.17) is 11.6 Å². The molecule has 0 unspecified atom stereocenters. The van der Waals surface area contributed by atoms with Crippen LogP contribution >= 0.6 is 11.6 Å². The van der Waals surface area contributed by atoms with Crippen LogP contribution in [0.25, 0.3) is 0 Å². The fourth-order valence-corrected chi connectivity index (χ4v) is 1.21. The standard InChI is InChI=1S/C5H10ClN/c1-7-5-2-4(6)3-5/h4-5,7H,2-3H2,1H3. The van der Waals surface area contributed by atoms with Crippen LogP contribution in [-0.4, -0.2) is 18.5 Å². The predicted molar refractivity (Wildman–Crippen MR) is 31.7 cm³/mol. The summed E-state index contributed by atoms with van der Waals surface area (Å²) in [5, 5.41) is 3.60. The van der Waals surface area contributed by atoms with Crippen molar-refractivity contribution in [2.75, 3.05) is 7.05 Å². The molecule has 1 N–H and O–H groups in total. The third-order valence-electron chi connectivity index (χ3n) is 1.49. The smallest absolute Gasteiger partial charge is 0.0365 e. The van der Waals surface area contributed by atoms with Gasteiger partial charge in [0.2, 0.25) is 0 Å². The van der Waals surface area contributed by atoms with Gasteiger partial charge in [0.25, 0.3) is 0 Å². The van der Waals surface area contributed by atoms with Gasteiger partial charge in [-0.25, -0.2) is 0 Å². The molecule has 0 bridgehead atoms. The van der Waals surface area contributed by atoms with E-state index in [1.54, 1.807) is 0 Å². The molecule has 0 aromatic heterocycles. The van der Waals surface area contributed by atoms with Crippen molar-refractivity contribution in [3.05, 3.63) is 0 Å². The summed E-state index contributed by atoms with van der Waals surface area (Å²) in [5.41, 5.74) is 0. The van der Waals surface area contributed by atoms with Crippen LogP contribution in [0.3, 0.4) is 0 Å². The van der Waals surface area contributed by atoms with Gasteiger partial charge in [0.1, 0.15) is 0 Å². The molecule has 0 atom stereocenters. The molecule has 1 fully saturated rings. The van der Waals surface area contributed by atoms with Gasteiger partial charge >= 0.3 is 0 Å². The summed E-state index contributed by atoms with van der Waals surface area (Å²) in [6.45, 7) is 0. The highest BCUT2D eigenvalue weighted by molar-refractivity contribution is 6.21. The number of rotatable bonds is 1. The van der Waals surface area contributed by atoms with Crippen LogP contribution in [0.1, 0.15) is 12.8 Å². The van der Waals surface area contributed by atoms with Crippen LogP contribution in [0.4, 0.5) is 0 Å². The Morgan fingerprint density at radius 3 is 2.29 bits per heavy atom. The molecule has 0 aromatic rings. The summed E-state index contributed by atoms with van der Waals surface area (Å²) in [4.78, 5) is 0. The van der Waals surface area contributed by atoms with Crippen LogP contribution in [0.5, 0.6) is 0 Å². The van der Waals surface area contributed by atoms with E-state index in [1.165, 1.54) is 0 Å². The summed E-state index contributed by atoms with van der Waals surface area (Å²) in [5.74, 6) is 0. The van der Waals surface area contributed by atoms with Gasteiger partial charge in [0, 0.05) is 11.4 Å². The van der Waals surface area contributed by atoms with Gasteiger partial charge in [0.05, 0.1) is 0 Å². The highest BCUT2D eigenvalue weighted by Crippen LogP contribution is 2.24. The topological polar surface area (TPSA) is 12.0 Å². The van der Waals surface area contributed by atoms with Gasteiger partial charge < -0.3 is 5.32 Å². The highest BCUT2D eigenvalue weighted by atomic mass is 35.5. The molecule has 1 nitrogen and oxygen atoms in total. The molecule has 1 saturated carbocycles. The van der Waals surface area contributed by atoms with Crippen LogP contribution in [-0.2, 0) is 0 Å². The van der Waals surface area contributed by atoms with E-state index in [0.29, 0.717) is 11.4 Å². The summed E-state index contributed by atoms with van der Waals surface area (Å²) >= 11 is 5.68. The molecule has 0 amide bonds. The lowest BCUT2D eigenvalue weighted by molar-refractivity contribution is 0.369. The normalized spacial score (nSPS) is 40.3. The van der Waals surface area contributed by atoms with E-state index in [0.717, 1.165) is 12.8 Å². The summed E-state index contributed by atoms with van der Waals surface area (Å²) in [6, 6.07) is 0.711. The third-order valence-corrected chi connectivity index (χ3v) is 1.85. The molecule has 0 spiro atoms. The quantitative estimate of drug-likeness (QED) is 0.508. The lowest BCUT2D eigenvalue weighted by Gasteiger charge is -2.30. The van der Waals surface area contributed by atoms with Crippen LogP contribution in [0, 0.1) is 0 Å². The molecule has 1 aliphatic rings. The molecule has 7 heavy (non-hydrogen) atoms. The molecule has 42 valence electrons. The molecule has 1 aliphatic carbocycles. The number of hydrogen-bond donors (Lipinski definition) is 1. The number of hydrogen-bond acceptors (Lipinski definition) is 1. The molecule has 0 aliphatic heterocycles. The fourth-order valence-electron chi connectivity index (χ4n) is 0.784. The van der Waals surface area contributed by atoms with E-state index in [1.807, 2.05) is 7.05 Å². The maximum absolute atomic E-state index is 5.68. The van der Waals surface area contributed by atoms with Gasteiger partial charge in [0.15, 0.2) is 0 Å². The van der Waals surface area contributed by atoms with Crippen molar-refractivity contribution in [2.45, 2.75) is 24.3 Å². The van der Waals surface area contributed by atoms with E-state index in [9.17, 15) is 0 Å². The van der Waals surface area contributed by atoms with E-state index < -0.39 is 0 Å². The molecule has 0 radical (unpaired) electrons. The van der Waals surface area contributed by atoms with Crippen LogP contribution in [0.15, 0.2) is 0 Å². The van der Waals surface area contributed by atoms with Crippen molar-refractivity contribution in [1.29, 1.82) is 0 Å². The average molecular weight is 120 g/mol. The number of halogens is 1. The lowest BCUT2D eigenvalue weighted by Crippen LogP contribution is -2.39. The van der Waals surface area contributed by atoms with Crippen molar-refractivity contribution in [2.24, 2.45) is 0 Å². The fraction of sp³-hybridized carbons (Fsp3) is 1.00. The van der Waals surface area contributed by atoms with Gasteiger partial charge in [-0.05, 0) is 19.9 Å². The van der Waals surface area contributed by atoms with Crippen molar-refractivity contribution in [1.82, 2.24) is 5.32 Å². The van der Waals surface area contributed by atoms with Gasteiger partial charge in [-0.1, -0.05) is 0 Å². The zero-order valence-electron chi connectivity index (χ0n) is 4.45. The van der Waals surface area contributed by atoms with Gasteiger partial charge in [-0.2, -0.15) is 0 Å². The first-order valence-electron chi connectivity index (χ1n) is 2.64. The Morgan fingerprint density at radius 1 is 1.57 bits per heavy atom. The Bertz CT molecular complexity index is 59.1. The van der Waals surface area contributed by atoms with Gasteiger partial charge in [-0.3, -0.25) is 0 Å². The molecule has 0 aromatic carbocycles. The Morgan fingerprint density at radius 2 is 2.14 bits per heavy atom. The SMILES string of the molecule is CNC1CC(Cl)C1. The number of alkyl halides is 1. The van der Waals surface area contributed by atoms with Crippen molar-refractivity contribution >= 4 is 11.6 Å². The Labute approximate surface area is 49.0 Å². The van der Waals surface area contributed by atoms with E-state index in [2.05, 4.69) is 5.32 Å². The van der Waals surface area contributed by atoms with Crippen LogP contribution < -0.4 is 5.32 Å². The first-order chi connectivity index (χ1) is 3.33. The summed E-state index contributed by atoms with van der Waals surface area (Å²) < 4.78 is 0. The van der Waals surface area contributed by atoms with Crippen molar-refractivity contribution in [3.8, 4) is 0 Å². The minimum atomic E-state index is 0.456. The largest absolute Gasteiger partial charge is 0.317 e. The Hall–Kier alpha value is 0.250. The molecular weight excluding hydrogens is 110 g/mol. The zero-order chi connectivity index (χ0) is 5.28.